The van der Waals surface area contributed by atoms with Gasteiger partial charge in [-0.05, 0) is 34.5 Å². The standard InChI is InChI=1S/C17H14OS/c18-15-8-4-9-16(11-15)19-12-14-7-3-6-13-5-1-2-10-17(13)14/h1-11,18H,12H2. The maximum atomic E-state index is 9.47. The maximum absolute atomic E-state index is 9.47. The Hall–Kier alpha value is -1.93. The molecule has 0 aliphatic rings. The summed E-state index contributed by atoms with van der Waals surface area (Å²) in [6, 6.07) is 22.2. The van der Waals surface area contributed by atoms with E-state index in [2.05, 4.69) is 42.5 Å². The molecule has 3 rings (SSSR count). The Morgan fingerprint density at radius 1 is 0.842 bits per heavy atom. The van der Waals surface area contributed by atoms with Crippen LogP contribution < -0.4 is 0 Å². The maximum Gasteiger partial charge on any atom is 0.116 e. The van der Waals surface area contributed by atoms with Crippen LogP contribution in [-0.2, 0) is 5.75 Å². The summed E-state index contributed by atoms with van der Waals surface area (Å²) in [6.07, 6.45) is 0. The Morgan fingerprint density at radius 2 is 1.63 bits per heavy atom. The van der Waals surface area contributed by atoms with E-state index in [0.717, 1.165) is 10.6 Å². The summed E-state index contributed by atoms with van der Waals surface area (Å²) in [7, 11) is 0. The molecule has 0 amide bonds. The predicted octanol–water partition coefficient (Wildman–Crippen LogP) is 4.84. The zero-order valence-electron chi connectivity index (χ0n) is 10.4. The van der Waals surface area contributed by atoms with Crippen molar-refractivity contribution in [1.82, 2.24) is 0 Å². The van der Waals surface area contributed by atoms with Crippen LogP contribution in [0.1, 0.15) is 5.56 Å². The summed E-state index contributed by atoms with van der Waals surface area (Å²) in [6.45, 7) is 0. The molecule has 1 N–H and O–H groups in total. The summed E-state index contributed by atoms with van der Waals surface area (Å²) in [5.74, 6) is 1.23. The van der Waals surface area contributed by atoms with Gasteiger partial charge in [-0.25, -0.2) is 0 Å². The van der Waals surface area contributed by atoms with E-state index in [0.29, 0.717) is 5.75 Å². The van der Waals surface area contributed by atoms with E-state index < -0.39 is 0 Å². The molecule has 0 saturated heterocycles. The number of benzene rings is 3. The van der Waals surface area contributed by atoms with Gasteiger partial charge in [0.2, 0.25) is 0 Å². The monoisotopic (exact) mass is 266 g/mol. The molecular weight excluding hydrogens is 252 g/mol. The number of thioether (sulfide) groups is 1. The average molecular weight is 266 g/mol. The van der Waals surface area contributed by atoms with E-state index in [9.17, 15) is 5.11 Å². The minimum absolute atomic E-state index is 0.322. The fourth-order valence-electron chi connectivity index (χ4n) is 2.15. The van der Waals surface area contributed by atoms with Crippen LogP contribution in [0, 0.1) is 0 Å². The van der Waals surface area contributed by atoms with Gasteiger partial charge in [-0.15, -0.1) is 11.8 Å². The van der Waals surface area contributed by atoms with E-state index in [1.165, 1.54) is 16.3 Å². The van der Waals surface area contributed by atoms with Crippen LogP contribution in [0.25, 0.3) is 10.8 Å². The van der Waals surface area contributed by atoms with Crippen molar-refractivity contribution in [3.63, 3.8) is 0 Å². The van der Waals surface area contributed by atoms with Crippen LogP contribution in [0.3, 0.4) is 0 Å². The van der Waals surface area contributed by atoms with Gasteiger partial charge in [0, 0.05) is 10.6 Å². The first kappa shape index (κ1) is 12.1. The second-order valence-electron chi connectivity index (χ2n) is 4.42. The largest absolute Gasteiger partial charge is 0.508 e. The van der Waals surface area contributed by atoms with Crippen molar-refractivity contribution in [2.45, 2.75) is 10.6 Å². The lowest BCUT2D eigenvalue weighted by Gasteiger charge is -2.06. The molecule has 1 nitrogen and oxygen atoms in total. The van der Waals surface area contributed by atoms with Crippen LogP contribution in [0.4, 0.5) is 0 Å². The molecule has 2 heteroatoms. The van der Waals surface area contributed by atoms with E-state index >= 15 is 0 Å². The molecule has 0 fully saturated rings. The lowest BCUT2D eigenvalue weighted by Crippen LogP contribution is -1.83. The Kier molecular flexibility index (Phi) is 3.43. The quantitative estimate of drug-likeness (QED) is 0.685. The highest BCUT2D eigenvalue weighted by Gasteiger charge is 2.02. The molecule has 94 valence electrons. The number of fused-ring (bicyclic) bond motifs is 1. The van der Waals surface area contributed by atoms with Crippen LogP contribution in [-0.4, -0.2) is 5.11 Å². The molecule has 0 aliphatic heterocycles. The van der Waals surface area contributed by atoms with Crippen LogP contribution in [0.2, 0.25) is 0 Å². The van der Waals surface area contributed by atoms with Crippen LogP contribution >= 0.6 is 11.8 Å². The van der Waals surface area contributed by atoms with Crippen molar-refractivity contribution >= 4 is 22.5 Å². The summed E-state index contributed by atoms with van der Waals surface area (Å²) in [5, 5.41) is 12.0. The van der Waals surface area contributed by atoms with Crippen LogP contribution in [0.5, 0.6) is 5.75 Å². The number of phenols is 1. The van der Waals surface area contributed by atoms with Gasteiger partial charge in [-0.2, -0.15) is 0 Å². The number of rotatable bonds is 3. The SMILES string of the molecule is Oc1cccc(SCc2cccc3ccccc23)c1. The van der Waals surface area contributed by atoms with Gasteiger partial charge in [-0.1, -0.05) is 48.5 Å². The third-order valence-electron chi connectivity index (χ3n) is 3.09. The second-order valence-corrected chi connectivity index (χ2v) is 5.47. The van der Waals surface area contributed by atoms with Crippen molar-refractivity contribution < 1.29 is 5.11 Å². The number of phenolic OH excluding ortho intramolecular Hbond substituents is 1. The lowest BCUT2D eigenvalue weighted by molar-refractivity contribution is 0.474. The number of aromatic hydroxyl groups is 1. The lowest BCUT2D eigenvalue weighted by atomic mass is 10.1. The van der Waals surface area contributed by atoms with Gasteiger partial charge < -0.3 is 5.11 Å². The molecule has 0 heterocycles. The summed E-state index contributed by atoms with van der Waals surface area (Å²) in [4.78, 5) is 1.09. The Bertz CT molecular complexity index is 701. The van der Waals surface area contributed by atoms with E-state index in [1.807, 2.05) is 12.1 Å². The Morgan fingerprint density at radius 3 is 2.53 bits per heavy atom. The predicted molar refractivity (Wildman–Crippen MR) is 81.6 cm³/mol. The minimum Gasteiger partial charge on any atom is -0.508 e. The van der Waals surface area contributed by atoms with Gasteiger partial charge in [-0.3, -0.25) is 0 Å². The smallest absolute Gasteiger partial charge is 0.116 e. The van der Waals surface area contributed by atoms with Crippen molar-refractivity contribution in [2.24, 2.45) is 0 Å². The summed E-state index contributed by atoms with van der Waals surface area (Å²) in [5.41, 5.74) is 1.33. The highest BCUT2D eigenvalue weighted by molar-refractivity contribution is 7.98. The van der Waals surface area contributed by atoms with Gasteiger partial charge >= 0.3 is 0 Å². The molecule has 19 heavy (non-hydrogen) atoms. The third-order valence-corrected chi connectivity index (χ3v) is 4.13. The molecule has 0 saturated carbocycles. The zero-order chi connectivity index (χ0) is 13.1. The molecule has 0 bridgehead atoms. The second kappa shape index (κ2) is 5.37. The fraction of sp³-hybridized carbons (Fsp3) is 0.0588. The first-order valence-corrected chi connectivity index (χ1v) is 7.20. The molecule has 0 spiro atoms. The number of hydrogen-bond donors (Lipinski definition) is 1. The van der Waals surface area contributed by atoms with Crippen LogP contribution in [0.15, 0.2) is 71.6 Å². The van der Waals surface area contributed by atoms with E-state index in [-0.39, 0.29) is 0 Å². The van der Waals surface area contributed by atoms with Crippen molar-refractivity contribution in [3.05, 3.63) is 72.3 Å². The molecule has 0 atom stereocenters. The fourth-order valence-corrected chi connectivity index (χ4v) is 3.11. The number of hydrogen-bond acceptors (Lipinski definition) is 2. The minimum atomic E-state index is 0.322. The third kappa shape index (κ3) is 2.74. The molecule has 0 aliphatic carbocycles. The van der Waals surface area contributed by atoms with Gasteiger partial charge in [0.1, 0.15) is 5.75 Å². The molecule has 3 aromatic rings. The highest BCUT2D eigenvalue weighted by atomic mass is 32.2. The topological polar surface area (TPSA) is 20.2 Å². The molecular formula is C17H14OS. The van der Waals surface area contributed by atoms with Crippen molar-refractivity contribution in [3.8, 4) is 5.75 Å². The molecule has 3 aromatic carbocycles. The van der Waals surface area contributed by atoms with E-state index in [4.69, 9.17) is 0 Å². The molecule has 0 radical (unpaired) electrons. The van der Waals surface area contributed by atoms with Gasteiger partial charge in [0.15, 0.2) is 0 Å². The molecule has 0 unspecified atom stereocenters. The van der Waals surface area contributed by atoms with Crippen molar-refractivity contribution in [1.29, 1.82) is 0 Å². The summed E-state index contributed by atoms with van der Waals surface area (Å²) < 4.78 is 0. The van der Waals surface area contributed by atoms with E-state index in [1.54, 1.807) is 23.9 Å². The van der Waals surface area contributed by atoms with Gasteiger partial charge in [0.05, 0.1) is 0 Å². The summed E-state index contributed by atoms with van der Waals surface area (Å²) >= 11 is 1.74. The van der Waals surface area contributed by atoms with Gasteiger partial charge in [0.25, 0.3) is 0 Å². The first-order valence-electron chi connectivity index (χ1n) is 6.21. The van der Waals surface area contributed by atoms with Crippen molar-refractivity contribution in [2.75, 3.05) is 0 Å². The Balaban J connectivity index is 1.86. The highest BCUT2D eigenvalue weighted by Crippen LogP contribution is 2.28. The first-order chi connectivity index (χ1) is 9.33. The normalized spacial score (nSPS) is 10.7. The average Bonchev–Trinajstić information content (AvgIpc) is 2.45. The Labute approximate surface area is 116 Å². The zero-order valence-corrected chi connectivity index (χ0v) is 11.2. The molecule has 0 aromatic heterocycles.